The number of aliphatic hydroxyl groups is 1. The van der Waals surface area contributed by atoms with Crippen molar-refractivity contribution in [3.63, 3.8) is 0 Å². The zero-order chi connectivity index (χ0) is 21.5. The van der Waals surface area contributed by atoms with Crippen molar-refractivity contribution < 1.29 is 25.0 Å². The Bertz CT molecular complexity index is 987. The van der Waals surface area contributed by atoms with Crippen molar-refractivity contribution >= 4 is 28.6 Å². The second-order valence-corrected chi connectivity index (χ2v) is 8.25. The number of carbonyl (C=O) groups is 1. The molecule has 2 aromatic rings. The van der Waals surface area contributed by atoms with E-state index < -0.39 is 6.16 Å². The summed E-state index contributed by atoms with van der Waals surface area (Å²) >= 11 is 0. The molecule has 1 aliphatic heterocycles. The van der Waals surface area contributed by atoms with Crippen LogP contribution in [0.5, 0.6) is 0 Å². The zero-order valence-electron chi connectivity index (χ0n) is 17.1. The highest BCUT2D eigenvalue weighted by Gasteiger charge is 2.50. The maximum absolute atomic E-state index is 9.68. The quantitative estimate of drug-likeness (QED) is 0.595. The molecule has 2 aromatic heterocycles. The number of oxime groups is 1. The third kappa shape index (κ3) is 3.67. The monoisotopic (exact) mass is 417 g/mol. The lowest BCUT2D eigenvalue weighted by molar-refractivity contribution is -0.137. The SMILES string of the molecule is CCn1nc(C)c2c(NC3CCC3)c(C3=NOC4(C3)CC(O)C4)cnc21.O=C(O)O. The van der Waals surface area contributed by atoms with Gasteiger partial charge in [0.2, 0.25) is 0 Å². The molecule has 0 atom stereocenters. The average molecular weight is 417 g/mol. The van der Waals surface area contributed by atoms with Gasteiger partial charge in [0, 0.05) is 43.6 Å². The van der Waals surface area contributed by atoms with Crippen LogP contribution in [0.3, 0.4) is 0 Å². The third-order valence-electron chi connectivity index (χ3n) is 6.05. The summed E-state index contributed by atoms with van der Waals surface area (Å²) in [6.45, 7) is 4.92. The fraction of sp³-hybridized carbons (Fsp3) is 0.600. The van der Waals surface area contributed by atoms with Gasteiger partial charge in [0.25, 0.3) is 0 Å². The van der Waals surface area contributed by atoms with Crippen molar-refractivity contribution in [1.82, 2.24) is 14.8 Å². The molecule has 0 saturated heterocycles. The Labute approximate surface area is 173 Å². The van der Waals surface area contributed by atoms with Crippen LogP contribution in [-0.4, -0.2) is 59.7 Å². The normalized spacial score (nSPS) is 25.0. The molecule has 4 N–H and O–H groups in total. The Morgan fingerprint density at radius 3 is 2.63 bits per heavy atom. The van der Waals surface area contributed by atoms with E-state index >= 15 is 0 Å². The molecule has 1 spiro atoms. The summed E-state index contributed by atoms with van der Waals surface area (Å²) in [5.74, 6) is 0. The minimum absolute atomic E-state index is 0.261. The average Bonchev–Trinajstić information content (AvgIpc) is 3.19. The highest BCUT2D eigenvalue weighted by Crippen LogP contribution is 2.45. The lowest BCUT2D eigenvalue weighted by Crippen LogP contribution is -2.47. The number of anilines is 1. The first-order valence-corrected chi connectivity index (χ1v) is 10.3. The maximum atomic E-state index is 9.68. The van der Waals surface area contributed by atoms with Crippen molar-refractivity contribution in [1.29, 1.82) is 0 Å². The zero-order valence-corrected chi connectivity index (χ0v) is 17.1. The molecule has 5 rings (SSSR count). The molecular formula is C20H27N5O5. The van der Waals surface area contributed by atoms with Crippen molar-refractivity contribution in [3.05, 3.63) is 17.5 Å². The molecule has 3 aliphatic rings. The molecule has 10 nitrogen and oxygen atoms in total. The van der Waals surface area contributed by atoms with Gasteiger partial charge in [0.1, 0.15) is 5.60 Å². The van der Waals surface area contributed by atoms with Gasteiger partial charge in [-0.05, 0) is 33.1 Å². The number of nitrogens with one attached hydrogen (secondary N) is 1. The molecule has 0 aromatic carbocycles. The van der Waals surface area contributed by atoms with E-state index in [9.17, 15) is 5.11 Å². The Balaban J connectivity index is 0.000000503. The van der Waals surface area contributed by atoms with Crippen molar-refractivity contribution in [3.8, 4) is 0 Å². The molecular weight excluding hydrogens is 390 g/mol. The summed E-state index contributed by atoms with van der Waals surface area (Å²) in [5, 5.41) is 37.5. The summed E-state index contributed by atoms with van der Waals surface area (Å²) in [6, 6.07) is 0.506. The van der Waals surface area contributed by atoms with Crippen LogP contribution >= 0.6 is 0 Å². The molecule has 3 heterocycles. The number of nitrogens with zero attached hydrogens (tertiary/aromatic N) is 4. The van der Waals surface area contributed by atoms with E-state index in [1.165, 1.54) is 19.3 Å². The van der Waals surface area contributed by atoms with Gasteiger partial charge in [-0.15, -0.1) is 0 Å². The molecule has 30 heavy (non-hydrogen) atoms. The van der Waals surface area contributed by atoms with Crippen LogP contribution in [0.2, 0.25) is 0 Å². The van der Waals surface area contributed by atoms with E-state index in [4.69, 9.17) is 24.8 Å². The fourth-order valence-electron chi connectivity index (χ4n) is 4.35. The topological polar surface area (TPSA) is 142 Å². The van der Waals surface area contributed by atoms with Crippen LogP contribution in [0.25, 0.3) is 11.0 Å². The van der Waals surface area contributed by atoms with E-state index in [1.54, 1.807) is 0 Å². The van der Waals surface area contributed by atoms with Gasteiger partial charge in [-0.1, -0.05) is 5.16 Å². The smallest absolute Gasteiger partial charge is 0.450 e. The number of aliphatic hydroxyl groups excluding tert-OH is 1. The minimum atomic E-state index is -1.83. The minimum Gasteiger partial charge on any atom is -0.450 e. The predicted octanol–water partition coefficient (Wildman–Crippen LogP) is 2.96. The fourth-order valence-corrected chi connectivity index (χ4v) is 4.35. The van der Waals surface area contributed by atoms with Crippen LogP contribution in [-0.2, 0) is 11.4 Å². The Morgan fingerprint density at radius 1 is 1.37 bits per heavy atom. The molecule has 0 amide bonds. The Hall–Kier alpha value is -2.88. The number of aromatic nitrogens is 3. The highest BCUT2D eigenvalue weighted by atomic mass is 16.7. The summed E-state index contributed by atoms with van der Waals surface area (Å²) in [7, 11) is 0. The van der Waals surface area contributed by atoms with Crippen LogP contribution in [0.15, 0.2) is 11.4 Å². The molecule has 0 radical (unpaired) electrons. The number of pyridine rings is 1. The van der Waals surface area contributed by atoms with Gasteiger partial charge in [-0.3, -0.25) is 0 Å². The van der Waals surface area contributed by atoms with E-state index in [2.05, 4.69) is 22.5 Å². The maximum Gasteiger partial charge on any atom is 0.503 e. The first-order valence-electron chi connectivity index (χ1n) is 10.3. The number of aryl methyl sites for hydroxylation is 2. The molecule has 2 aliphatic carbocycles. The van der Waals surface area contributed by atoms with Crippen LogP contribution < -0.4 is 5.32 Å². The van der Waals surface area contributed by atoms with E-state index in [0.717, 1.165) is 46.7 Å². The molecule has 2 saturated carbocycles. The van der Waals surface area contributed by atoms with Crippen molar-refractivity contribution in [2.24, 2.45) is 5.16 Å². The molecule has 2 fully saturated rings. The van der Waals surface area contributed by atoms with Gasteiger partial charge in [0.15, 0.2) is 5.65 Å². The third-order valence-corrected chi connectivity index (χ3v) is 6.05. The lowest BCUT2D eigenvalue weighted by Gasteiger charge is -2.39. The second-order valence-electron chi connectivity index (χ2n) is 8.25. The Kier molecular flexibility index (Phi) is 5.27. The van der Waals surface area contributed by atoms with Crippen LogP contribution in [0, 0.1) is 6.92 Å². The van der Waals surface area contributed by atoms with E-state index in [-0.39, 0.29) is 11.7 Å². The summed E-state index contributed by atoms with van der Waals surface area (Å²) in [4.78, 5) is 19.0. The number of hydrogen-bond donors (Lipinski definition) is 4. The molecule has 0 unspecified atom stereocenters. The summed E-state index contributed by atoms with van der Waals surface area (Å²) in [5.41, 5.74) is 4.64. The van der Waals surface area contributed by atoms with Crippen LogP contribution in [0.1, 0.15) is 56.7 Å². The van der Waals surface area contributed by atoms with Crippen molar-refractivity contribution in [2.45, 2.75) is 76.7 Å². The summed E-state index contributed by atoms with van der Waals surface area (Å²) in [6.07, 6.45) is 5.54. The first kappa shape index (κ1) is 20.4. The van der Waals surface area contributed by atoms with Gasteiger partial charge >= 0.3 is 6.16 Å². The van der Waals surface area contributed by atoms with E-state index in [0.29, 0.717) is 18.9 Å². The standard InChI is InChI=1S/C19H25N5O2.CH2O3/c1-3-24-18-16(11(2)22-24)17(21-12-5-4-6-12)14(10-20-18)15-9-19(26-23-15)7-13(25)8-19;2-1(3)4/h10,12-13,25H,3-9H2,1-2H3,(H,20,21);(H2,2,3,4). The van der Waals surface area contributed by atoms with Crippen molar-refractivity contribution in [2.75, 3.05) is 5.32 Å². The number of fused-ring (bicyclic) bond motifs is 1. The lowest BCUT2D eigenvalue weighted by atomic mass is 9.74. The number of hydrogen-bond acceptors (Lipinski definition) is 7. The largest absolute Gasteiger partial charge is 0.503 e. The van der Waals surface area contributed by atoms with Gasteiger partial charge < -0.3 is 25.5 Å². The predicted molar refractivity (Wildman–Crippen MR) is 110 cm³/mol. The molecule has 10 heteroatoms. The van der Waals surface area contributed by atoms with Crippen LogP contribution in [0.4, 0.5) is 10.5 Å². The first-order chi connectivity index (χ1) is 14.3. The van der Waals surface area contributed by atoms with Gasteiger partial charge in [-0.2, -0.15) is 5.10 Å². The van der Waals surface area contributed by atoms with Gasteiger partial charge in [0.05, 0.1) is 28.6 Å². The second kappa shape index (κ2) is 7.75. The molecule has 162 valence electrons. The highest BCUT2D eigenvalue weighted by molar-refractivity contribution is 6.11. The van der Waals surface area contributed by atoms with E-state index in [1.807, 2.05) is 17.8 Å². The number of rotatable bonds is 4. The molecule has 0 bridgehead atoms. The van der Waals surface area contributed by atoms with Gasteiger partial charge in [-0.25, -0.2) is 14.5 Å². The Morgan fingerprint density at radius 2 is 2.07 bits per heavy atom. The summed E-state index contributed by atoms with van der Waals surface area (Å²) < 4.78 is 1.96. The number of carboxylic acid groups (broad SMARTS) is 2.